The van der Waals surface area contributed by atoms with Crippen molar-refractivity contribution in [3.8, 4) is 11.9 Å². The van der Waals surface area contributed by atoms with Gasteiger partial charge in [0.1, 0.15) is 11.6 Å². The molecule has 0 amide bonds. The van der Waals surface area contributed by atoms with Crippen molar-refractivity contribution in [3.63, 3.8) is 0 Å². The van der Waals surface area contributed by atoms with Gasteiger partial charge in [-0.15, -0.1) is 10.2 Å². The summed E-state index contributed by atoms with van der Waals surface area (Å²) in [5.41, 5.74) is 0.0817. The molecule has 24 heavy (non-hydrogen) atoms. The van der Waals surface area contributed by atoms with E-state index < -0.39 is 16.4 Å². The number of non-ortho nitro benzene ring substituents is 1. The van der Waals surface area contributed by atoms with Crippen LogP contribution in [0.5, 0.6) is 5.88 Å². The van der Waals surface area contributed by atoms with Gasteiger partial charge in [-0.3, -0.25) is 19.5 Å². The minimum Gasteiger partial charge on any atom is -0.493 e. The van der Waals surface area contributed by atoms with E-state index in [1.807, 2.05) is 0 Å². The number of rotatable bonds is 3. The fourth-order valence-corrected chi connectivity index (χ4v) is 2.04. The van der Waals surface area contributed by atoms with Gasteiger partial charge in [-0.1, -0.05) is 6.07 Å². The summed E-state index contributed by atoms with van der Waals surface area (Å²) in [6.07, 6.45) is 0. The van der Waals surface area contributed by atoms with Gasteiger partial charge in [-0.2, -0.15) is 5.26 Å². The van der Waals surface area contributed by atoms with Crippen LogP contribution in [-0.2, 0) is 7.05 Å². The number of nitrogens with zero attached hydrogens (tertiary/aromatic N) is 5. The molecule has 0 unspecified atom stereocenters. The Morgan fingerprint density at radius 3 is 2.58 bits per heavy atom. The molecule has 1 heterocycles. The van der Waals surface area contributed by atoms with Crippen LogP contribution in [0, 0.1) is 35.3 Å². The zero-order valence-electron chi connectivity index (χ0n) is 13.1. The molecule has 0 bridgehead atoms. The number of pyridine rings is 1. The third kappa shape index (κ3) is 2.85. The topological polar surface area (TPSA) is 134 Å². The Kier molecular flexibility index (Phi) is 4.41. The summed E-state index contributed by atoms with van der Waals surface area (Å²) in [6.45, 7) is 3.16. The van der Waals surface area contributed by atoms with Crippen LogP contribution in [0.2, 0.25) is 0 Å². The van der Waals surface area contributed by atoms with Gasteiger partial charge < -0.3 is 5.11 Å². The van der Waals surface area contributed by atoms with E-state index in [1.165, 1.54) is 32.2 Å². The van der Waals surface area contributed by atoms with Crippen molar-refractivity contribution < 1.29 is 10.0 Å². The highest BCUT2D eigenvalue weighted by Crippen LogP contribution is 2.28. The number of nitro groups is 1. The first-order chi connectivity index (χ1) is 11.3. The van der Waals surface area contributed by atoms with E-state index in [9.17, 15) is 20.0 Å². The summed E-state index contributed by atoms with van der Waals surface area (Å²) in [5.74, 6) is -0.453. The number of aromatic hydroxyl groups is 1. The molecule has 0 aliphatic rings. The standard InChI is InChI=1S/C15H13N5O4/c1-8-4-5-10(20(23)24)6-12(8)17-18-13-9(2)11(7-16)14(21)19(3)15(13)22/h4-6,21H,1-3H3. The molecule has 0 spiro atoms. The Morgan fingerprint density at radius 2 is 2.00 bits per heavy atom. The average Bonchev–Trinajstić information content (AvgIpc) is 2.54. The van der Waals surface area contributed by atoms with Crippen molar-refractivity contribution in [1.82, 2.24) is 4.57 Å². The fourth-order valence-electron chi connectivity index (χ4n) is 2.04. The summed E-state index contributed by atoms with van der Waals surface area (Å²) < 4.78 is 0.889. The summed E-state index contributed by atoms with van der Waals surface area (Å²) in [7, 11) is 1.30. The second kappa shape index (κ2) is 6.29. The molecule has 122 valence electrons. The lowest BCUT2D eigenvalue weighted by molar-refractivity contribution is -0.384. The van der Waals surface area contributed by atoms with Crippen molar-refractivity contribution in [3.05, 3.63) is 55.4 Å². The number of aromatic nitrogens is 1. The quantitative estimate of drug-likeness (QED) is 0.525. The maximum absolute atomic E-state index is 12.2. The molecule has 0 aliphatic heterocycles. The van der Waals surface area contributed by atoms with Crippen LogP contribution in [0.3, 0.4) is 0 Å². The van der Waals surface area contributed by atoms with E-state index in [0.29, 0.717) is 5.56 Å². The monoisotopic (exact) mass is 327 g/mol. The van der Waals surface area contributed by atoms with Gasteiger partial charge in [0.25, 0.3) is 11.2 Å². The lowest BCUT2D eigenvalue weighted by atomic mass is 10.1. The molecule has 1 aromatic heterocycles. The molecule has 0 saturated carbocycles. The van der Waals surface area contributed by atoms with Gasteiger partial charge in [-0.05, 0) is 19.4 Å². The van der Waals surface area contributed by atoms with Crippen molar-refractivity contribution in [2.75, 3.05) is 0 Å². The normalized spacial score (nSPS) is 10.8. The molecule has 0 aliphatic carbocycles. The molecule has 9 nitrogen and oxygen atoms in total. The largest absolute Gasteiger partial charge is 0.493 e. The maximum atomic E-state index is 12.2. The zero-order chi connectivity index (χ0) is 18.0. The van der Waals surface area contributed by atoms with Crippen LogP contribution in [0.1, 0.15) is 16.7 Å². The van der Waals surface area contributed by atoms with Crippen LogP contribution in [0.15, 0.2) is 33.2 Å². The second-order valence-corrected chi connectivity index (χ2v) is 5.08. The van der Waals surface area contributed by atoms with E-state index in [-0.39, 0.29) is 28.2 Å². The Balaban J connectivity index is 2.61. The lowest BCUT2D eigenvalue weighted by Gasteiger charge is -2.08. The van der Waals surface area contributed by atoms with Gasteiger partial charge in [0, 0.05) is 24.7 Å². The second-order valence-electron chi connectivity index (χ2n) is 5.08. The van der Waals surface area contributed by atoms with Crippen molar-refractivity contribution in [2.24, 2.45) is 17.3 Å². The van der Waals surface area contributed by atoms with Crippen LogP contribution < -0.4 is 5.56 Å². The van der Waals surface area contributed by atoms with E-state index >= 15 is 0 Å². The number of aryl methyl sites for hydroxylation is 1. The maximum Gasteiger partial charge on any atom is 0.281 e. The minimum atomic E-state index is -0.629. The molecule has 0 radical (unpaired) electrons. The third-order valence-electron chi connectivity index (χ3n) is 3.55. The smallest absolute Gasteiger partial charge is 0.281 e. The lowest BCUT2D eigenvalue weighted by Crippen LogP contribution is -2.18. The first kappa shape index (κ1) is 16.8. The van der Waals surface area contributed by atoms with E-state index in [0.717, 1.165) is 4.57 Å². The van der Waals surface area contributed by atoms with Gasteiger partial charge in [-0.25, -0.2) is 0 Å². The summed E-state index contributed by atoms with van der Waals surface area (Å²) in [6, 6.07) is 5.91. The molecule has 0 fully saturated rings. The van der Waals surface area contributed by atoms with E-state index in [4.69, 9.17) is 5.26 Å². The molecule has 9 heteroatoms. The van der Waals surface area contributed by atoms with E-state index in [2.05, 4.69) is 10.2 Å². The first-order valence-electron chi connectivity index (χ1n) is 6.77. The van der Waals surface area contributed by atoms with Gasteiger partial charge >= 0.3 is 0 Å². The summed E-state index contributed by atoms with van der Waals surface area (Å²) in [5, 5.41) is 37.5. The minimum absolute atomic E-state index is 0.0817. The molecule has 1 N–H and O–H groups in total. The Bertz CT molecular complexity index is 969. The summed E-state index contributed by atoms with van der Waals surface area (Å²) >= 11 is 0. The first-order valence-corrected chi connectivity index (χ1v) is 6.77. The van der Waals surface area contributed by atoms with Crippen LogP contribution >= 0.6 is 0 Å². The third-order valence-corrected chi connectivity index (χ3v) is 3.55. The molecular weight excluding hydrogens is 314 g/mol. The van der Waals surface area contributed by atoms with Crippen molar-refractivity contribution >= 4 is 17.1 Å². The Hall–Kier alpha value is -3.54. The molecule has 0 atom stereocenters. The average molecular weight is 327 g/mol. The number of nitro benzene ring substituents is 1. The highest BCUT2D eigenvalue weighted by atomic mass is 16.6. The number of hydrogen-bond acceptors (Lipinski definition) is 7. The molecule has 2 rings (SSSR count). The predicted octanol–water partition coefficient (Wildman–Crippen LogP) is 2.90. The van der Waals surface area contributed by atoms with Gasteiger partial charge in [0.2, 0.25) is 5.88 Å². The highest BCUT2D eigenvalue weighted by molar-refractivity contribution is 5.57. The van der Waals surface area contributed by atoms with E-state index in [1.54, 1.807) is 13.0 Å². The molecule has 2 aromatic rings. The highest BCUT2D eigenvalue weighted by Gasteiger charge is 2.17. The molecule has 1 aromatic carbocycles. The SMILES string of the molecule is Cc1ccc([N+](=O)[O-])cc1N=Nc1c(C)c(C#N)c(O)n(C)c1=O. The summed E-state index contributed by atoms with van der Waals surface area (Å²) in [4.78, 5) is 22.5. The fraction of sp³-hybridized carbons (Fsp3) is 0.200. The Morgan fingerprint density at radius 1 is 1.33 bits per heavy atom. The zero-order valence-corrected chi connectivity index (χ0v) is 13.1. The van der Waals surface area contributed by atoms with Crippen LogP contribution in [-0.4, -0.2) is 14.6 Å². The number of nitriles is 1. The van der Waals surface area contributed by atoms with Gasteiger partial charge in [0.05, 0.1) is 10.6 Å². The molecular formula is C15H13N5O4. The number of benzene rings is 1. The van der Waals surface area contributed by atoms with Crippen molar-refractivity contribution in [1.29, 1.82) is 5.26 Å². The van der Waals surface area contributed by atoms with Gasteiger partial charge in [0.15, 0.2) is 5.69 Å². The molecule has 0 saturated heterocycles. The number of hydrogen-bond donors (Lipinski definition) is 1. The number of azo groups is 1. The van der Waals surface area contributed by atoms with Crippen LogP contribution in [0.4, 0.5) is 17.1 Å². The predicted molar refractivity (Wildman–Crippen MR) is 84.8 cm³/mol. The Labute approximate surface area is 136 Å². The van der Waals surface area contributed by atoms with Crippen LogP contribution in [0.25, 0.3) is 0 Å². The van der Waals surface area contributed by atoms with Crippen molar-refractivity contribution in [2.45, 2.75) is 13.8 Å².